The molecule has 1 N–H and O–H groups in total. The molecule has 0 aliphatic carbocycles. The van der Waals surface area contributed by atoms with Crippen molar-refractivity contribution in [1.29, 1.82) is 0 Å². The molecule has 0 spiro atoms. The molecule has 1 aromatic heterocycles. The van der Waals surface area contributed by atoms with Crippen molar-refractivity contribution < 1.29 is 4.39 Å². The normalized spacial score (nSPS) is 23.5. The van der Waals surface area contributed by atoms with E-state index in [-0.39, 0.29) is 11.9 Å². The summed E-state index contributed by atoms with van der Waals surface area (Å²) in [5.41, 5.74) is 0.922. The number of halogens is 1. The lowest BCUT2D eigenvalue weighted by Gasteiger charge is -2.37. The number of nitrogens with zero attached hydrogens (tertiary/aromatic N) is 2. The molecule has 1 saturated heterocycles. The Morgan fingerprint density at radius 1 is 1.45 bits per heavy atom. The molecule has 112 valence electrons. The smallest absolute Gasteiger partial charge is 0.141 e. The van der Waals surface area contributed by atoms with E-state index in [9.17, 15) is 4.39 Å². The van der Waals surface area contributed by atoms with E-state index in [1.54, 1.807) is 6.07 Å². The zero-order valence-electron chi connectivity index (χ0n) is 12.8. The minimum Gasteiger partial charge on any atom is -0.311 e. The van der Waals surface area contributed by atoms with Gasteiger partial charge < -0.3 is 10.2 Å². The predicted octanol–water partition coefficient (Wildman–Crippen LogP) is 2.99. The van der Waals surface area contributed by atoms with Crippen LogP contribution in [-0.4, -0.2) is 36.1 Å². The van der Waals surface area contributed by atoms with Crippen molar-refractivity contribution in [3.8, 4) is 0 Å². The average Bonchev–Trinajstić information content (AvgIpc) is 2.44. The number of aromatic nitrogens is 1. The van der Waals surface area contributed by atoms with Gasteiger partial charge >= 0.3 is 0 Å². The summed E-state index contributed by atoms with van der Waals surface area (Å²) in [6.45, 7) is 6.81. The van der Waals surface area contributed by atoms with E-state index in [2.05, 4.69) is 29.0 Å². The summed E-state index contributed by atoms with van der Waals surface area (Å²) in [5, 5.41) is 3.33. The van der Waals surface area contributed by atoms with Crippen LogP contribution in [0.1, 0.15) is 44.8 Å². The molecule has 4 heteroatoms. The number of likely N-dealkylation sites (tertiary alicyclic amines) is 1. The maximum Gasteiger partial charge on any atom is 0.141 e. The first-order valence-corrected chi connectivity index (χ1v) is 7.64. The number of rotatable bonds is 5. The van der Waals surface area contributed by atoms with E-state index < -0.39 is 0 Å². The molecular formula is C16H26FN3. The monoisotopic (exact) mass is 279 g/mol. The zero-order chi connectivity index (χ0) is 14.5. The van der Waals surface area contributed by atoms with Gasteiger partial charge in [-0.2, -0.15) is 0 Å². The Morgan fingerprint density at radius 3 is 2.85 bits per heavy atom. The second-order valence-corrected chi connectivity index (χ2v) is 5.98. The third kappa shape index (κ3) is 3.76. The first kappa shape index (κ1) is 15.4. The third-order valence-electron chi connectivity index (χ3n) is 4.41. The van der Waals surface area contributed by atoms with Crippen LogP contribution in [-0.2, 0) is 0 Å². The van der Waals surface area contributed by atoms with Crippen molar-refractivity contribution in [2.24, 2.45) is 5.92 Å². The molecule has 3 atom stereocenters. The Labute approximate surface area is 121 Å². The van der Waals surface area contributed by atoms with E-state index in [1.807, 2.05) is 7.05 Å². The molecule has 1 aliphatic heterocycles. The van der Waals surface area contributed by atoms with Crippen LogP contribution in [0.2, 0.25) is 0 Å². The van der Waals surface area contributed by atoms with Gasteiger partial charge in [0.25, 0.3) is 0 Å². The van der Waals surface area contributed by atoms with Crippen molar-refractivity contribution in [2.75, 3.05) is 20.1 Å². The molecule has 2 heterocycles. The molecule has 1 aliphatic rings. The van der Waals surface area contributed by atoms with Crippen LogP contribution in [0.3, 0.4) is 0 Å². The summed E-state index contributed by atoms with van der Waals surface area (Å²) >= 11 is 0. The van der Waals surface area contributed by atoms with Gasteiger partial charge in [0.2, 0.25) is 0 Å². The Morgan fingerprint density at radius 2 is 2.25 bits per heavy atom. The van der Waals surface area contributed by atoms with E-state index >= 15 is 0 Å². The highest BCUT2D eigenvalue weighted by atomic mass is 19.1. The lowest BCUT2D eigenvalue weighted by atomic mass is 9.95. The fourth-order valence-electron chi connectivity index (χ4n) is 3.20. The quantitative estimate of drug-likeness (QED) is 0.898. The molecule has 0 aromatic carbocycles. The number of piperidine rings is 1. The standard InChI is InChI=1S/C16H26FN3/c1-12(11-20-9-5-4-6-13(20)2)16(18-3)15-8-7-14(17)10-19-15/h7-8,10,12-13,16,18H,4-6,9,11H2,1-3H3. The van der Waals surface area contributed by atoms with Gasteiger partial charge in [-0.1, -0.05) is 13.3 Å². The molecule has 20 heavy (non-hydrogen) atoms. The Balaban J connectivity index is 2.01. The van der Waals surface area contributed by atoms with Gasteiger partial charge in [0.1, 0.15) is 5.82 Å². The highest BCUT2D eigenvalue weighted by Crippen LogP contribution is 2.24. The SMILES string of the molecule is CNC(c1ccc(F)cn1)C(C)CN1CCCCC1C. The van der Waals surface area contributed by atoms with Crippen LogP contribution < -0.4 is 5.32 Å². The second kappa shape index (κ2) is 7.14. The Hall–Kier alpha value is -1.00. The second-order valence-electron chi connectivity index (χ2n) is 5.98. The van der Waals surface area contributed by atoms with Gasteiger partial charge in [-0.05, 0) is 51.4 Å². The summed E-state index contributed by atoms with van der Waals surface area (Å²) in [5.74, 6) is 0.166. The third-order valence-corrected chi connectivity index (χ3v) is 4.41. The largest absolute Gasteiger partial charge is 0.311 e. The molecule has 2 rings (SSSR count). The van der Waals surface area contributed by atoms with E-state index in [0.717, 1.165) is 12.2 Å². The van der Waals surface area contributed by atoms with Crippen molar-refractivity contribution in [1.82, 2.24) is 15.2 Å². The lowest BCUT2D eigenvalue weighted by Crippen LogP contribution is -2.42. The van der Waals surface area contributed by atoms with Gasteiger partial charge in [-0.15, -0.1) is 0 Å². The minimum absolute atomic E-state index is 0.171. The molecule has 0 amide bonds. The predicted molar refractivity (Wildman–Crippen MR) is 80.0 cm³/mol. The van der Waals surface area contributed by atoms with E-state index in [4.69, 9.17) is 0 Å². The summed E-state index contributed by atoms with van der Waals surface area (Å²) in [6.07, 6.45) is 5.25. The Kier molecular flexibility index (Phi) is 5.49. The number of hydrogen-bond donors (Lipinski definition) is 1. The number of nitrogens with one attached hydrogen (secondary N) is 1. The topological polar surface area (TPSA) is 28.2 Å². The Bertz CT molecular complexity index is 407. The number of pyridine rings is 1. The van der Waals surface area contributed by atoms with Gasteiger partial charge in [0.05, 0.1) is 17.9 Å². The molecular weight excluding hydrogens is 253 g/mol. The first-order valence-electron chi connectivity index (χ1n) is 7.64. The van der Waals surface area contributed by atoms with Gasteiger partial charge in [-0.25, -0.2) is 4.39 Å². The van der Waals surface area contributed by atoms with Crippen LogP contribution in [0.4, 0.5) is 4.39 Å². The van der Waals surface area contributed by atoms with Gasteiger partial charge in [0.15, 0.2) is 0 Å². The van der Waals surface area contributed by atoms with E-state index in [0.29, 0.717) is 12.0 Å². The first-order chi connectivity index (χ1) is 9.61. The molecule has 0 radical (unpaired) electrons. The van der Waals surface area contributed by atoms with Crippen molar-refractivity contribution in [3.05, 3.63) is 29.8 Å². The summed E-state index contributed by atoms with van der Waals surface area (Å²) in [7, 11) is 1.95. The van der Waals surface area contributed by atoms with Crippen LogP contribution in [0.25, 0.3) is 0 Å². The molecule has 1 fully saturated rings. The molecule has 3 nitrogen and oxygen atoms in total. The number of hydrogen-bond acceptors (Lipinski definition) is 3. The average molecular weight is 279 g/mol. The van der Waals surface area contributed by atoms with Crippen LogP contribution >= 0.6 is 0 Å². The van der Waals surface area contributed by atoms with Gasteiger partial charge in [-0.3, -0.25) is 4.98 Å². The molecule has 0 bridgehead atoms. The van der Waals surface area contributed by atoms with Crippen LogP contribution in [0, 0.1) is 11.7 Å². The van der Waals surface area contributed by atoms with Crippen molar-refractivity contribution in [2.45, 2.75) is 45.2 Å². The summed E-state index contributed by atoms with van der Waals surface area (Å²) < 4.78 is 13.0. The van der Waals surface area contributed by atoms with Crippen LogP contribution in [0.5, 0.6) is 0 Å². The lowest BCUT2D eigenvalue weighted by molar-refractivity contribution is 0.128. The highest BCUT2D eigenvalue weighted by molar-refractivity contribution is 5.11. The maximum absolute atomic E-state index is 13.0. The molecule has 1 aromatic rings. The summed E-state index contributed by atoms with van der Waals surface area (Å²) in [4.78, 5) is 6.80. The summed E-state index contributed by atoms with van der Waals surface area (Å²) in [6, 6.07) is 4.12. The minimum atomic E-state index is -0.277. The fraction of sp³-hybridized carbons (Fsp3) is 0.688. The van der Waals surface area contributed by atoms with Crippen molar-refractivity contribution in [3.63, 3.8) is 0 Å². The highest BCUT2D eigenvalue weighted by Gasteiger charge is 2.25. The zero-order valence-corrected chi connectivity index (χ0v) is 12.8. The van der Waals surface area contributed by atoms with Crippen LogP contribution in [0.15, 0.2) is 18.3 Å². The molecule has 3 unspecified atom stereocenters. The van der Waals surface area contributed by atoms with Gasteiger partial charge in [0, 0.05) is 12.6 Å². The maximum atomic E-state index is 13.0. The van der Waals surface area contributed by atoms with E-state index in [1.165, 1.54) is 38.1 Å². The van der Waals surface area contributed by atoms with Crippen molar-refractivity contribution >= 4 is 0 Å². The fourth-order valence-corrected chi connectivity index (χ4v) is 3.20. The molecule has 0 saturated carbocycles.